The van der Waals surface area contributed by atoms with Gasteiger partial charge in [-0.1, -0.05) is 20.8 Å². The van der Waals surface area contributed by atoms with E-state index in [9.17, 15) is 14.4 Å². The molecule has 1 heterocycles. The summed E-state index contributed by atoms with van der Waals surface area (Å²) in [5.41, 5.74) is -2.74. The molecule has 3 rings (SSSR count). The predicted octanol–water partition coefficient (Wildman–Crippen LogP) is 2.75. The number of rotatable bonds is 2. The van der Waals surface area contributed by atoms with Crippen LogP contribution in [0.2, 0.25) is 0 Å². The molecular weight excluding hydrogens is 348 g/mol. The van der Waals surface area contributed by atoms with E-state index < -0.39 is 33.7 Å². The zero-order valence-corrected chi connectivity index (χ0v) is 14.3. The van der Waals surface area contributed by atoms with Gasteiger partial charge in [0.25, 0.3) is 0 Å². The molecule has 0 unspecified atom stereocenters. The van der Waals surface area contributed by atoms with Crippen LogP contribution in [0.4, 0.5) is 5.82 Å². The van der Waals surface area contributed by atoms with Crippen LogP contribution in [0.3, 0.4) is 0 Å². The third kappa shape index (κ3) is 1.59. The number of pyridine rings is 1. The highest BCUT2D eigenvalue weighted by molar-refractivity contribution is 9.10. The Morgan fingerprint density at radius 2 is 1.86 bits per heavy atom. The van der Waals surface area contributed by atoms with Gasteiger partial charge in [0.15, 0.2) is 0 Å². The normalized spacial score (nSPS) is 32.4. The highest BCUT2D eigenvalue weighted by Crippen LogP contribution is 2.69. The third-order valence-corrected chi connectivity index (χ3v) is 6.37. The first-order chi connectivity index (χ1) is 10.2. The van der Waals surface area contributed by atoms with E-state index in [2.05, 4.69) is 26.2 Å². The largest absolute Gasteiger partial charge is 0.310 e. The highest BCUT2D eigenvalue weighted by Gasteiger charge is 2.77. The summed E-state index contributed by atoms with van der Waals surface area (Å²) >= 11 is 3.28. The smallest absolute Gasteiger partial charge is 0.240 e. The van der Waals surface area contributed by atoms with E-state index >= 15 is 0 Å². The molecule has 22 heavy (non-hydrogen) atoms. The lowest BCUT2D eigenvalue weighted by atomic mass is 9.64. The zero-order valence-electron chi connectivity index (χ0n) is 12.7. The van der Waals surface area contributed by atoms with Gasteiger partial charge in [-0.3, -0.25) is 14.4 Å². The van der Waals surface area contributed by atoms with Crippen LogP contribution in [0.15, 0.2) is 22.8 Å². The molecule has 0 aliphatic heterocycles. The van der Waals surface area contributed by atoms with Crippen LogP contribution in [-0.2, 0) is 14.4 Å². The number of ketones is 2. The minimum atomic E-state index is -1.28. The number of nitrogens with one attached hydrogen (secondary N) is 1. The Morgan fingerprint density at radius 3 is 2.36 bits per heavy atom. The minimum Gasteiger partial charge on any atom is -0.310 e. The van der Waals surface area contributed by atoms with E-state index in [0.29, 0.717) is 18.7 Å². The van der Waals surface area contributed by atoms with Gasteiger partial charge in [0.2, 0.25) is 17.5 Å². The second-order valence-corrected chi connectivity index (χ2v) is 7.75. The van der Waals surface area contributed by atoms with Crippen molar-refractivity contribution in [3.05, 3.63) is 22.8 Å². The van der Waals surface area contributed by atoms with Crippen molar-refractivity contribution in [1.82, 2.24) is 4.98 Å². The van der Waals surface area contributed by atoms with Crippen LogP contribution < -0.4 is 5.32 Å². The van der Waals surface area contributed by atoms with Gasteiger partial charge < -0.3 is 5.32 Å². The summed E-state index contributed by atoms with van der Waals surface area (Å²) in [6.45, 7) is 5.49. The Morgan fingerprint density at radius 1 is 1.18 bits per heavy atom. The summed E-state index contributed by atoms with van der Waals surface area (Å²) in [6, 6.07) is 3.41. The van der Waals surface area contributed by atoms with Crippen molar-refractivity contribution >= 4 is 39.2 Å². The maximum absolute atomic E-state index is 12.9. The lowest BCUT2D eigenvalue weighted by Crippen LogP contribution is -2.47. The molecule has 2 aliphatic carbocycles. The standard InChI is InChI=1S/C16H17BrN2O3/c1-14(2)15(3)6-7-16(14,12(21)11(15)20)13(22)19-10-5-4-9(17)8-18-10/h4-5,8H,6-7H2,1-3H3,(H,18,19,22)/t15-,16+/m0/s1. The molecule has 1 aromatic rings. The summed E-state index contributed by atoms with van der Waals surface area (Å²) in [4.78, 5) is 41.9. The molecule has 0 saturated heterocycles. The summed E-state index contributed by atoms with van der Waals surface area (Å²) in [5, 5.41) is 2.71. The molecule has 1 N–H and O–H groups in total. The molecule has 1 amide bonds. The molecule has 2 atom stereocenters. The Labute approximate surface area is 137 Å². The number of hydrogen-bond donors (Lipinski definition) is 1. The maximum atomic E-state index is 12.9. The van der Waals surface area contributed by atoms with Gasteiger partial charge in [-0.15, -0.1) is 0 Å². The maximum Gasteiger partial charge on any atom is 0.240 e. The molecule has 2 bridgehead atoms. The molecule has 2 fully saturated rings. The van der Waals surface area contributed by atoms with Gasteiger partial charge >= 0.3 is 0 Å². The molecule has 0 spiro atoms. The third-order valence-electron chi connectivity index (χ3n) is 5.90. The number of anilines is 1. The summed E-state index contributed by atoms with van der Waals surface area (Å²) in [7, 11) is 0. The van der Waals surface area contributed by atoms with Crippen LogP contribution in [-0.4, -0.2) is 22.5 Å². The summed E-state index contributed by atoms with van der Waals surface area (Å²) < 4.78 is 0.796. The quantitative estimate of drug-likeness (QED) is 0.646. The van der Waals surface area contributed by atoms with Crippen LogP contribution in [0.25, 0.3) is 0 Å². The summed E-state index contributed by atoms with van der Waals surface area (Å²) in [6.07, 6.45) is 2.54. The van der Waals surface area contributed by atoms with E-state index in [4.69, 9.17) is 0 Å². The Hall–Kier alpha value is -1.56. The van der Waals surface area contributed by atoms with Crippen LogP contribution in [0, 0.1) is 16.2 Å². The molecule has 2 saturated carbocycles. The van der Waals surface area contributed by atoms with Gasteiger partial charge in [0, 0.05) is 16.1 Å². The fourth-order valence-corrected chi connectivity index (χ4v) is 4.18. The van der Waals surface area contributed by atoms with E-state index in [-0.39, 0.29) is 0 Å². The fourth-order valence-electron chi connectivity index (χ4n) is 3.95. The predicted molar refractivity (Wildman–Crippen MR) is 84.1 cm³/mol. The van der Waals surface area contributed by atoms with Gasteiger partial charge in [0.05, 0.1) is 0 Å². The highest BCUT2D eigenvalue weighted by atomic mass is 79.9. The fraction of sp³-hybridized carbons (Fsp3) is 0.500. The number of halogens is 1. The number of amides is 1. The number of fused-ring (bicyclic) bond motifs is 2. The first kappa shape index (κ1) is 15.3. The molecule has 116 valence electrons. The lowest BCUT2D eigenvalue weighted by molar-refractivity contribution is -0.147. The Kier molecular flexibility index (Phi) is 3.12. The molecular formula is C16H17BrN2O3. The molecule has 5 nitrogen and oxygen atoms in total. The van der Waals surface area contributed by atoms with Crippen molar-refractivity contribution in [3.8, 4) is 0 Å². The first-order valence-electron chi connectivity index (χ1n) is 7.19. The van der Waals surface area contributed by atoms with Crippen molar-refractivity contribution in [2.24, 2.45) is 16.2 Å². The average Bonchev–Trinajstić information content (AvgIpc) is 2.74. The number of nitrogens with zero attached hydrogens (tertiary/aromatic N) is 1. The second kappa shape index (κ2) is 4.47. The van der Waals surface area contributed by atoms with Crippen LogP contribution >= 0.6 is 15.9 Å². The van der Waals surface area contributed by atoms with E-state index in [0.717, 1.165) is 4.47 Å². The van der Waals surface area contributed by atoms with Crippen LogP contribution in [0.1, 0.15) is 33.6 Å². The molecule has 2 aliphatic rings. The number of Topliss-reactive ketones (excluding diaryl/α,β-unsaturated/α-hetero) is 2. The van der Waals surface area contributed by atoms with Gasteiger partial charge in [-0.2, -0.15) is 0 Å². The number of carbonyl (C=O) groups is 3. The minimum absolute atomic E-state index is 0.374. The molecule has 0 radical (unpaired) electrons. The average molecular weight is 365 g/mol. The van der Waals surface area contributed by atoms with Crippen molar-refractivity contribution < 1.29 is 14.4 Å². The second-order valence-electron chi connectivity index (χ2n) is 6.84. The van der Waals surface area contributed by atoms with Crippen molar-refractivity contribution in [2.45, 2.75) is 33.6 Å². The molecule has 6 heteroatoms. The number of hydrogen-bond acceptors (Lipinski definition) is 4. The topological polar surface area (TPSA) is 76.1 Å². The monoisotopic (exact) mass is 364 g/mol. The first-order valence-corrected chi connectivity index (χ1v) is 7.98. The van der Waals surface area contributed by atoms with Crippen molar-refractivity contribution in [2.75, 3.05) is 5.32 Å². The lowest BCUT2D eigenvalue weighted by Gasteiger charge is -2.36. The van der Waals surface area contributed by atoms with Gasteiger partial charge in [-0.25, -0.2) is 4.98 Å². The molecule has 0 aromatic carbocycles. The van der Waals surface area contributed by atoms with Crippen LogP contribution in [0.5, 0.6) is 0 Å². The Bertz CT molecular complexity index is 698. The molecule has 1 aromatic heterocycles. The van der Waals surface area contributed by atoms with Gasteiger partial charge in [-0.05, 0) is 46.3 Å². The Balaban J connectivity index is 1.99. The number of carbonyl (C=O) groups excluding carboxylic acids is 3. The van der Waals surface area contributed by atoms with E-state index in [1.54, 1.807) is 25.3 Å². The zero-order chi connectivity index (χ0) is 16.3. The van der Waals surface area contributed by atoms with Crippen molar-refractivity contribution in [3.63, 3.8) is 0 Å². The van der Waals surface area contributed by atoms with Gasteiger partial charge in [0.1, 0.15) is 11.2 Å². The van der Waals surface area contributed by atoms with E-state index in [1.807, 2.05) is 13.8 Å². The van der Waals surface area contributed by atoms with E-state index in [1.165, 1.54) is 0 Å². The SMILES string of the molecule is CC1(C)[C@]2(C(=O)Nc3ccc(Br)cn3)CC[C@@]1(C)C(=O)C2=O. The van der Waals surface area contributed by atoms with Crippen molar-refractivity contribution in [1.29, 1.82) is 0 Å². The number of aromatic nitrogens is 1. The summed E-state index contributed by atoms with van der Waals surface area (Å²) in [5.74, 6) is -1.02.